The molecule has 6 nitrogen and oxygen atoms in total. The SMILES string of the molecule is CC1=CC(CNCCN(C)C)C(C(C)C)CC1Cc1nnc(-c2ccc(N(C)C)cc2)o1. The predicted octanol–water partition coefficient (Wildman–Crippen LogP) is 4.35. The minimum absolute atomic E-state index is 0.463. The maximum Gasteiger partial charge on any atom is 0.247 e. The van der Waals surface area contributed by atoms with Gasteiger partial charge >= 0.3 is 0 Å². The first-order valence-electron chi connectivity index (χ1n) is 11.9. The van der Waals surface area contributed by atoms with E-state index in [4.69, 9.17) is 4.42 Å². The zero-order valence-electron chi connectivity index (χ0n) is 20.9. The Bertz CT molecular complexity index is 869. The zero-order chi connectivity index (χ0) is 23.3. The number of aromatic nitrogens is 2. The molecule has 0 amide bonds. The Morgan fingerprint density at radius 3 is 2.44 bits per heavy atom. The van der Waals surface area contributed by atoms with Gasteiger partial charge in [-0.3, -0.25) is 0 Å². The van der Waals surface area contributed by atoms with Crippen LogP contribution in [-0.2, 0) is 6.42 Å². The Labute approximate surface area is 194 Å². The third-order valence-electron chi connectivity index (χ3n) is 6.72. The molecule has 3 rings (SSSR count). The molecular weight excluding hydrogens is 398 g/mol. The fourth-order valence-corrected chi connectivity index (χ4v) is 4.64. The number of hydrogen-bond donors (Lipinski definition) is 1. The van der Waals surface area contributed by atoms with E-state index in [-0.39, 0.29) is 0 Å². The average molecular weight is 440 g/mol. The number of likely N-dealkylation sites (N-methyl/N-ethyl adjacent to an activating group) is 1. The highest BCUT2D eigenvalue weighted by Gasteiger charge is 2.32. The smallest absolute Gasteiger partial charge is 0.247 e. The van der Waals surface area contributed by atoms with Gasteiger partial charge in [-0.2, -0.15) is 0 Å². The summed E-state index contributed by atoms with van der Waals surface area (Å²) in [6.07, 6.45) is 4.49. The first-order chi connectivity index (χ1) is 15.2. The van der Waals surface area contributed by atoms with Gasteiger partial charge in [0.05, 0.1) is 0 Å². The molecule has 0 spiro atoms. The van der Waals surface area contributed by atoms with Crippen molar-refractivity contribution in [3.05, 3.63) is 41.8 Å². The quantitative estimate of drug-likeness (QED) is 0.439. The maximum absolute atomic E-state index is 6.07. The minimum atomic E-state index is 0.463. The fourth-order valence-electron chi connectivity index (χ4n) is 4.64. The van der Waals surface area contributed by atoms with Crippen LogP contribution >= 0.6 is 0 Å². The van der Waals surface area contributed by atoms with Crippen molar-refractivity contribution in [2.75, 3.05) is 52.7 Å². The molecule has 176 valence electrons. The van der Waals surface area contributed by atoms with Crippen molar-refractivity contribution >= 4 is 5.69 Å². The van der Waals surface area contributed by atoms with Gasteiger partial charge in [-0.1, -0.05) is 25.5 Å². The van der Waals surface area contributed by atoms with Crippen LogP contribution in [0.3, 0.4) is 0 Å². The average Bonchev–Trinajstić information content (AvgIpc) is 3.21. The second kappa shape index (κ2) is 11.1. The first kappa shape index (κ1) is 24.5. The van der Waals surface area contributed by atoms with E-state index in [0.29, 0.717) is 29.6 Å². The van der Waals surface area contributed by atoms with Crippen LogP contribution in [0.2, 0.25) is 0 Å². The van der Waals surface area contributed by atoms with E-state index in [9.17, 15) is 0 Å². The summed E-state index contributed by atoms with van der Waals surface area (Å²) in [5.41, 5.74) is 3.58. The lowest BCUT2D eigenvalue weighted by atomic mass is 9.70. The van der Waals surface area contributed by atoms with Crippen LogP contribution in [0.5, 0.6) is 0 Å². The van der Waals surface area contributed by atoms with E-state index in [0.717, 1.165) is 43.2 Å². The van der Waals surface area contributed by atoms with Crippen LogP contribution in [0.1, 0.15) is 33.1 Å². The van der Waals surface area contributed by atoms with Gasteiger partial charge in [0.1, 0.15) is 0 Å². The molecule has 6 heteroatoms. The Morgan fingerprint density at radius 1 is 1.09 bits per heavy atom. The lowest BCUT2D eigenvalue weighted by molar-refractivity contribution is 0.217. The van der Waals surface area contributed by atoms with E-state index in [2.05, 4.69) is 78.4 Å². The van der Waals surface area contributed by atoms with Crippen molar-refractivity contribution in [2.45, 2.75) is 33.6 Å². The van der Waals surface area contributed by atoms with Gasteiger partial charge in [-0.25, -0.2) is 0 Å². The Hall–Kier alpha value is -2.18. The van der Waals surface area contributed by atoms with Crippen LogP contribution in [-0.4, -0.2) is 62.9 Å². The van der Waals surface area contributed by atoms with Gasteiger partial charge in [0, 0.05) is 51.4 Å². The number of hydrogen-bond acceptors (Lipinski definition) is 6. The monoisotopic (exact) mass is 439 g/mol. The summed E-state index contributed by atoms with van der Waals surface area (Å²) in [6.45, 7) is 10.1. The number of rotatable bonds is 10. The topological polar surface area (TPSA) is 57.4 Å². The van der Waals surface area contributed by atoms with Crippen LogP contribution in [0.15, 0.2) is 40.3 Å². The highest BCUT2D eigenvalue weighted by molar-refractivity contribution is 5.58. The molecule has 1 aliphatic carbocycles. The lowest BCUT2D eigenvalue weighted by Crippen LogP contribution is -2.37. The molecule has 1 N–H and O–H groups in total. The third-order valence-corrected chi connectivity index (χ3v) is 6.72. The fraction of sp³-hybridized carbons (Fsp3) is 0.615. The summed E-state index contributed by atoms with van der Waals surface area (Å²) >= 11 is 0. The van der Waals surface area contributed by atoms with Crippen LogP contribution < -0.4 is 10.2 Å². The second-order valence-corrected chi connectivity index (χ2v) is 10.1. The number of anilines is 1. The molecule has 2 aromatic rings. The molecule has 32 heavy (non-hydrogen) atoms. The first-order valence-corrected chi connectivity index (χ1v) is 11.9. The summed E-state index contributed by atoms with van der Waals surface area (Å²) in [5.74, 6) is 3.70. The van der Waals surface area contributed by atoms with Crippen molar-refractivity contribution in [1.29, 1.82) is 0 Å². The van der Waals surface area contributed by atoms with Crippen molar-refractivity contribution in [3.8, 4) is 11.5 Å². The van der Waals surface area contributed by atoms with Crippen LogP contribution in [0.25, 0.3) is 11.5 Å². The van der Waals surface area contributed by atoms with E-state index in [1.54, 1.807) is 0 Å². The van der Waals surface area contributed by atoms with Gasteiger partial charge in [-0.05, 0) is 75.4 Å². The van der Waals surface area contributed by atoms with Crippen LogP contribution in [0, 0.1) is 23.7 Å². The summed E-state index contributed by atoms with van der Waals surface area (Å²) < 4.78 is 6.07. The molecule has 0 saturated heterocycles. The van der Waals surface area contributed by atoms with Crippen LogP contribution in [0.4, 0.5) is 5.69 Å². The lowest BCUT2D eigenvalue weighted by Gasteiger charge is -2.37. The highest BCUT2D eigenvalue weighted by Crippen LogP contribution is 2.38. The molecule has 0 saturated carbocycles. The van der Waals surface area contributed by atoms with E-state index < -0.39 is 0 Å². The summed E-state index contributed by atoms with van der Waals surface area (Å²) in [7, 11) is 8.31. The molecule has 1 aromatic carbocycles. The van der Waals surface area contributed by atoms with Gasteiger partial charge in [0.15, 0.2) is 0 Å². The number of nitrogens with one attached hydrogen (secondary N) is 1. The molecule has 0 aliphatic heterocycles. The predicted molar refractivity (Wildman–Crippen MR) is 133 cm³/mol. The largest absolute Gasteiger partial charge is 0.421 e. The summed E-state index contributed by atoms with van der Waals surface area (Å²) in [6, 6.07) is 8.24. The van der Waals surface area contributed by atoms with Gasteiger partial charge in [0.25, 0.3) is 0 Å². The number of benzene rings is 1. The molecule has 0 radical (unpaired) electrons. The molecule has 0 fully saturated rings. The van der Waals surface area contributed by atoms with E-state index in [1.165, 1.54) is 12.0 Å². The Kier molecular flexibility index (Phi) is 8.49. The molecule has 1 heterocycles. The molecular formula is C26H41N5O. The molecule has 3 unspecified atom stereocenters. The summed E-state index contributed by atoms with van der Waals surface area (Å²) in [5, 5.41) is 12.4. The Morgan fingerprint density at radius 2 is 1.81 bits per heavy atom. The van der Waals surface area contributed by atoms with Crippen molar-refractivity contribution in [3.63, 3.8) is 0 Å². The van der Waals surface area contributed by atoms with Gasteiger partial charge < -0.3 is 19.5 Å². The van der Waals surface area contributed by atoms with Gasteiger partial charge in [-0.15, -0.1) is 10.2 Å². The Balaban J connectivity index is 1.65. The van der Waals surface area contributed by atoms with Crippen molar-refractivity contribution in [2.24, 2.45) is 23.7 Å². The maximum atomic E-state index is 6.07. The van der Waals surface area contributed by atoms with Crippen molar-refractivity contribution in [1.82, 2.24) is 20.4 Å². The molecule has 0 bridgehead atoms. The second-order valence-electron chi connectivity index (χ2n) is 10.1. The van der Waals surface area contributed by atoms with Gasteiger partial charge in [0.2, 0.25) is 11.8 Å². The minimum Gasteiger partial charge on any atom is -0.421 e. The normalized spacial score (nSPS) is 21.3. The van der Waals surface area contributed by atoms with Crippen molar-refractivity contribution < 1.29 is 4.42 Å². The summed E-state index contributed by atoms with van der Waals surface area (Å²) in [4.78, 5) is 4.30. The standard InChI is InChI=1S/C26H41N5O/c1-18(2)24-15-21(19(3)14-22(24)17-27-12-13-30(4)5)16-25-28-29-26(32-25)20-8-10-23(11-9-20)31(6)7/h8-11,14,18,21-22,24,27H,12-13,15-17H2,1-7H3. The molecule has 1 aromatic heterocycles. The molecule has 3 atom stereocenters. The third kappa shape index (κ3) is 6.42. The zero-order valence-corrected chi connectivity index (χ0v) is 20.9. The number of allylic oxidation sites excluding steroid dienone is 1. The van der Waals surface area contributed by atoms with E-state index in [1.807, 2.05) is 26.2 Å². The highest BCUT2D eigenvalue weighted by atomic mass is 16.4. The molecule has 1 aliphatic rings. The number of nitrogens with zero attached hydrogens (tertiary/aromatic N) is 4. The van der Waals surface area contributed by atoms with E-state index >= 15 is 0 Å².